The summed E-state index contributed by atoms with van der Waals surface area (Å²) in [6.07, 6.45) is 3.97. The number of anilines is 1. The summed E-state index contributed by atoms with van der Waals surface area (Å²) in [6.45, 7) is 4.60. The number of aliphatic hydroxyl groups excluding tert-OH is 1. The molecule has 0 radical (unpaired) electrons. The van der Waals surface area contributed by atoms with Gasteiger partial charge >= 0.3 is 5.69 Å². The Morgan fingerprint density at radius 1 is 0.957 bits per heavy atom. The number of benzene rings is 3. The van der Waals surface area contributed by atoms with Gasteiger partial charge in [0.2, 0.25) is 0 Å². The van der Waals surface area contributed by atoms with E-state index in [1.54, 1.807) is 18.3 Å². The van der Waals surface area contributed by atoms with E-state index in [1.807, 2.05) is 77.4 Å². The standard InChI is InChI=1S/C37H39N5O5/c1-24-33(22-41-19-16-30(17-20-41)42-32-7-3-2-6-31(32)40-37(42)45)46-36(47-34(24)26-10-8-25(23-43)9-11-26)27-12-14-29(15-13-27)39-35(44)28-5-4-18-38-21-28/h2-15,18,21,24,30,33-34,36,43H,16-17,19-20,22-23H2,1H3,(H,39,44)(H,40,45)/t24-,33+,34+,36+/m0/s1. The number of carbonyl (C=O) groups is 1. The number of hydrogen-bond donors (Lipinski definition) is 3. The third-order valence-electron chi connectivity index (χ3n) is 9.47. The predicted molar refractivity (Wildman–Crippen MR) is 179 cm³/mol. The Balaban J connectivity index is 1.07. The predicted octanol–water partition coefficient (Wildman–Crippen LogP) is 5.60. The maximum atomic E-state index is 12.8. The number of H-pyrrole nitrogens is 1. The quantitative estimate of drug-likeness (QED) is 0.204. The number of para-hydroxylation sites is 2. The van der Waals surface area contributed by atoms with Gasteiger partial charge in [-0.3, -0.25) is 14.3 Å². The fraction of sp³-hybridized carbons (Fsp3) is 0.324. The van der Waals surface area contributed by atoms with E-state index in [0.717, 1.165) is 60.2 Å². The minimum absolute atomic E-state index is 0.0139. The van der Waals surface area contributed by atoms with Gasteiger partial charge in [-0.2, -0.15) is 0 Å². The largest absolute Gasteiger partial charge is 0.392 e. The normalized spacial score (nSPS) is 22.3. The lowest BCUT2D eigenvalue weighted by Crippen LogP contribution is -2.47. The molecule has 4 atom stereocenters. The number of aromatic amines is 1. The Morgan fingerprint density at radius 2 is 1.70 bits per heavy atom. The van der Waals surface area contributed by atoms with Gasteiger partial charge in [-0.25, -0.2) is 4.79 Å². The molecule has 3 aromatic carbocycles. The van der Waals surface area contributed by atoms with Crippen LogP contribution in [-0.2, 0) is 16.1 Å². The monoisotopic (exact) mass is 633 g/mol. The molecule has 0 spiro atoms. The number of nitrogens with one attached hydrogen (secondary N) is 2. The molecule has 1 amide bonds. The van der Waals surface area contributed by atoms with E-state index in [1.165, 1.54) is 6.20 Å². The van der Waals surface area contributed by atoms with Crippen molar-refractivity contribution in [1.29, 1.82) is 0 Å². The Labute approximate surface area is 273 Å². The van der Waals surface area contributed by atoms with Crippen LogP contribution in [0.2, 0.25) is 0 Å². The Bertz CT molecular complexity index is 1860. The molecule has 2 aliphatic heterocycles. The van der Waals surface area contributed by atoms with Crippen LogP contribution in [-0.4, -0.2) is 56.2 Å². The molecule has 242 valence electrons. The van der Waals surface area contributed by atoms with Gasteiger partial charge in [-0.15, -0.1) is 0 Å². The lowest BCUT2D eigenvalue weighted by Gasteiger charge is -2.44. The molecule has 10 nitrogen and oxygen atoms in total. The highest BCUT2D eigenvalue weighted by molar-refractivity contribution is 6.04. The van der Waals surface area contributed by atoms with E-state index >= 15 is 0 Å². The number of nitrogens with zero attached hydrogens (tertiary/aromatic N) is 3. The Morgan fingerprint density at radius 3 is 2.43 bits per heavy atom. The van der Waals surface area contributed by atoms with Gasteiger partial charge in [-0.05, 0) is 60.4 Å². The van der Waals surface area contributed by atoms with Gasteiger partial charge < -0.3 is 29.8 Å². The van der Waals surface area contributed by atoms with Crippen LogP contribution in [0.15, 0.2) is 102 Å². The molecule has 2 aliphatic rings. The molecule has 3 N–H and O–H groups in total. The zero-order valence-electron chi connectivity index (χ0n) is 26.3. The minimum atomic E-state index is -0.607. The second-order valence-corrected chi connectivity index (χ2v) is 12.5. The summed E-state index contributed by atoms with van der Waals surface area (Å²) in [5, 5.41) is 12.5. The lowest BCUT2D eigenvalue weighted by molar-refractivity contribution is -0.276. The van der Waals surface area contributed by atoms with Crippen molar-refractivity contribution in [2.75, 3.05) is 25.0 Å². The van der Waals surface area contributed by atoms with Gasteiger partial charge in [-0.1, -0.05) is 55.5 Å². The van der Waals surface area contributed by atoms with E-state index in [9.17, 15) is 14.7 Å². The van der Waals surface area contributed by atoms with Crippen LogP contribution >= 0.6 is 0 Å². The number of hydrogen-bond acceptors (Lipinski definition) is 7. The van der Waals surface area contributed by atoms with Crippen molar-refractivity contribution < 1.29 is 19.4 Å². The van der Waals surface area contributed by atoms with Crippen LogP contribution in [0.5, 0.6) is 0 Å². The number of piperidine rings is 1. The number of likely N-dealkylation sites (tertiary alicyclic amines) is 1. The maximum Gasteiger partial charge on any atom is 0.326 e. The zero-order valence-corrected chi connectivity index (χ0v) is 26.3. The number of ether oxygens (including phenoxy) is 2. The molecule has 0 bridgehead atoms. The molecule has 10 heteroatoms. The smallest absolute Gasteiger partial charge is 0.326 e. The van der Waals surface area contributed by atoms with Crippen LogP contribution < -0.4 is 11.0 Å². The summed E-state index contributed by atoms with van der Waals surface area (Å²) in [6, 6.07) is 26.9. The molecule has 2 fully saturated rings. The van der Waals surface area contributed by atoms with Crippen molar-refractivity contribution in [2.45, 2.75) is 50.9 Å². The van der Waals surface area contributed by atoms with Crippen molar-refractivity contribution in [1.82, 2.24) is 19.4 Å². The van der Waals surface area contributed by atoms with Crippen LogP contribution in [0.25, 0.3) is 11.0 Å². The first-order chi connectivity index (χ1) is 23.0. The number of carbonyl (C=O) groups excluding carboxylic acids is 1. The molecule has 2 aromatic heterocycles. The molecule has 2 saturated heterocycles. The van der Waals surface area contributed by atoms with E-state index in [-0.39, 0.29) is 42.4 Å². The Kier molecular flexibility index (Phi) is 8.99. The molecule has 7 rings (SSSR count). The first-order valence-corrected chi connectivity index (χ1v) is 16.2. The summed E-state index contributed by atoms with van der Waals surface area (Å²) in [4.78, 5) is 34.9. The van der Waals surface area contributed by atoms with E-state index in [0.29, 0.717) is 11.3 Å². The molecule has 0 unspecified atom stereocenters. The highest BCUT2D eigenvalue weighted by Crippen LogP contribution is 2.42. The van der Waals surface area contributed by atoms with Gasteiger partial charge in [0.1, 0.15) is 0 Å². The third-order valence-corrected chi connectivity index (χ3v) is 9.47. The second-order valence-electron chi connectivity index (χ2n) is 12.5. The summed E-state index contributed by atoms with van der Waals surface area (Å²) >= 11 is 0. The number of rotatable bonds is 8. The van der Waals surface area contributed by atoms with Crippen molar-refractivity contribution >= 4 is 22.6 Å². The van der Waals surface area contributed by atoms with Crippen LogP contribution in [0.1, 0.15) is 65.2 Å². The number of imidazole rings is 1. The first-order valence-electron chi connectivity index (χ1n) is 16.2. The van der Waals surface area contributed by atoms with Gasteiger partial charge in [0, 0.05) is 55.2 Å². The topological polar surface area (TPSA) is 122 Å². The molecular formula is C37H39N5O5. The summed E-state index contributed by atoms with van der Waals surface area (Å²) in [7, 11) is 0. The number of fused-ring (bicyclic) bond motifs is 1. The van der Waals surface area contributed by atoms with Gasteiger partial charge in [0.15, 0.2) is 6.29 Å². The molecule has 0 saturated carbocycles. The van der Waals surface area contributed by atoms with Crippen LogP contribution in [0.4, 0.5) is 5.69 Å². The van der Waals surface area contributed by atoms with E-state index in [4.69, 9.17) is 9.47 Å². The number of aromatic nitrogens is 3. The number of amides is 1. The average molecular weight is 634 g/mol. The second kappa shape index (κ2) is 13.6. The fourth-order valence-electron chi connectivity index (χ4n) is 6.80. The van der Waals surface area contributed by atoms with Crippen molar-refractivity contribution in [3.63, 3.8) is 0 Å². The summed E-state index contributed by atoms with van der Waals surface area (Å²) < 4.78 is 15.2. The van der Waals surface area contributed by atoms with E-state index in [2.05, 4.69) is 27.1 Å². The third kappa shape index (κ3) is 6.63. The van der Waals surface area contributed by atoms with E-state index < -0.39 is 6.29 Å². The average Bonchev–Trinajstić information content (AvgIpc) is 3.46. The highest BCUT2D eigenvalue weighted by atomic mass is 16.7. The number of pyridine rings is 1. The highest BCUT2D eigenvalue weighted by Gasteiger charge is 2.39. The van der Waals surface area contributed by atoms with Crippen LogP contribution in [0.3, 0.4) is 0 Å². The van der Waals surface area contributed by atoms with Gasteiger partial charge in [0.05, 0.1) is 35.4 Å². The van der Waals surface area contributed by atoms with Crippen molar-refractivity contribution in [2.24, 2.45) is 5.92 Å². The van der Waals surface area contributed by atoms with Gasteiger partial charge in [0.25, 0.3) is 5.91 Å². The molecule has 47 heavy (non-hydrogen) atoms. The fourth-order valence-corrected chi connectivity index (χ4v) is 6.80. The molecule has 5 aromatic rings. The molecular weight excluding hydrogens is 594 g/mol. The minimum Gasteiger partial charge on any atom is -0.392 e. The number of aliphatic hydroxyl groups is 1. The SMILES string of the molecule is C[C@H]1[C@@H](CN2CCC(n3c(=O)[nH]c4ccccc43)CC2)O[C@@H](c2ccc(NC(=O)c3cccnc3)cc2)O[C@H]1c1ccc(CO)cc1. The zero-order chi connectivity index (χ0) is 32.3. The summed E-state index contributed by atoms with van der Waals surface area (Å²) in [5.41, 5.74) is 5.67. The first kappa shape index (κ1) is 31.0. The molecule has 0 aliphatic carbocycles. The van der Waals surface area contributed by atoms with Crippen LogP contribution in [0, 0.1) is 5.92 Å². The van der Waals surface area contributed by atoms with Crippen molar-refractivity contribution in [3.05, 3.63) is 130 Å². The van der Waals surface area contributed by atoms with Crippen molar-refractivity contribution in [3.8, 4) is 0 Å². The Hall–Kier alpha value is -4.61. The lowest BCUT2D eigenvalue weighted by atomic mass is 9.89. The summed E-state index contributed by atoms with van der Waals surface area (Å²) in [5.74, 6) is -0.173. The molecule has 4 heterocycles. The maximum absolute atomic E-state index is 12.8.